The molecule has 0 aliphatic carbocycles. The van der Waals surface area contributed by atoms with Crippen molar-refractivity contribution in [3.05, 3.63) is 87.9 Å². The summed E-state index contributed by atoms with van der Waals surface area (Å²) >= 11 is 3.32. The fraction of sp³-hybridized carbons (Fsp3) is 0.120. The van der Waals surface area contributed by atoms with E-state index in [-0.39, 0.29) is 6.54 Å². The molecule has 3 rings (SSSR count). The molecule has 2 N–H and O–H groups in total. The van der Waals surface area contributed by atoms with Crippen LogP contribution in [0, 0.1) is 0 Å². The molecule has 9 nitrogen and oxygen atoms in total. The molecule has 3 aromatic rings. The van der Waals surface area contributed by atoms with Crippen LogP contribution >= 0.6 is 15.9 Å². The molecule has 0 unspecified atom stereocenters. The Morgan fingerprint density at radius 1 is 0.914 bits per heavy atom. The predicted molar refractivity (Wildman–Crippen MR) is 133 cm³/mol. The van der Waals surface area contributed by atoms with Gasteiger partial charge in [0.1, 0.15) is 5.75 Å². The van der Waals surface area contributed by atoms with Crippen LogP contribution in [-0.2, 0) is 4.79 Å². The van der Waals surface area contributed by atoms with Crippen molar-refractivity contribution in [2.24, 2.45) is 5.10 Å². The van der Waals surface area contributed by atoms with E-state index < -0.39 is 17.8 Å². The van der Waals surface area contributed by atoms with Gasteiger partial charge >= 0.3 is 5.97 Å². The minimum atomic E-state index is -0.521. The standard InChI is InChI=1S/C25H22BrN3O6/c1-33-21-10-9-17(13-22(21)34-2)24(31)27-15-23(30)29-28-14-16-5-3-8-20(11-16)35-25(32)18-6-4-7-19(26)12-18/h3-14H,15H2,1-2H3,(H,27,31)(H,29,30). The Morgan fingerprint density at radius 3 is 2.43 bits per heavy atom. The summed E-state index contributed by atoms with van der Waals surface area (Å²) < 4.78 is 16.5. The number of amides is 2. The van der Waals surface area contributed by atoms with Crippen LogP contribution in [0.4, 0.5) is 0 Å². The van der Waals surface area contributed by atoms with Crippen LogP contribution < -0.4 is 25.0 Å². The lowest BCUT2D eigenvalue weighted by molar-refractivity contribution is -0.120. The van der Waals surface area contributed by atoms with Crippen LogP contribution in [0.3, 0.4) is 0 Å². The summed E-state index contributed by atoms with van der Waals surface area (Å²) in [6, 6.07) is 18.2. The maximum Gasteiger partial charge on any atom is 0.343 e. The summed E-state index contributed by atoms with van der Waals surface area (Å²) in [5.74, 6) is -0.259. The lowest BCUT2D eigenvalue weighted by Crippen LogP contribution is -2.34. The van der Waals surface area contributed by atoms with Crippen molar-refractivity contribution in [2.75, 3.05) is 20.8 Å². The van der Waals surface area contributed by atoms with Crippen molar-refractivity contribution in [3.63, 3.8) is 0 Å². The summed E-state index contributed by atoms with van der Waals surface area (Å²) in [5.41, 5.74) is 3.64. The van der Waals surface area contributed by atoms with Gasteiger partial charge in [-0.3, -0.25) is 9.59 Å². The average molecular weight is 540 g/mol. The van der Waals surface area contributed by atoms with Gasteiger partial charge in [0.05, 0.1) is 32.5 Å². The van der Waals surface area contributed by atoms with Crippen LogP contribution in [0.1, 0.15) is 26.3 Å². The van der Waals surface area contributed by atoms with Crippen LogP contribution in [0.15, 0.2) is 76.3 Å². The Kier molecular flexibility index (Phi) is 8.96. The van der Waals surface area contributed by atoms with Crippen molar-refractivity contribution < 1.29 is 28.6 Å². The Bertz CT molecular complexity index is 1260. The van der Waals surface area contributed by atoms with E-state index in [1.807, 2.05) is 6.07 Å². The number of carbonyl (C=O) groups is 3. The smallest absolute Gasteiger partial charge is 0.343 e. The number of nitrogens with one attached hydrogen (secondary N) is 2. The summed E-state index contributed by atoms with van der Waals surface area (Å²) in [6.07, 6.45) is 1.39. The Labute approximate surface area is 210 Å². The summed E-state index contributed by atoms with van der Waals surface area (Å²) in [5, 5.41) is 6.38. The van der Waals surface area contributed by atoms with E-state index in [0.29, 0.717) is 33.9 Å². The fourth-order valence-corrected chi connectivity index (χ4v) is 3.30. The highest BCUT2D eigenvalue weighted by Gasteiger charge is 2.12. The molecule has 0 fully saturated rings. The molecule has 0 heterocycles. The van der Waals surface area contributed by atoms with Gasteiger partial charge < -0.3 is 19.5 Å². The molecule has 0 aliphatic heterocycles. The first-order valence-corrected chi connectivity index (χ1v) is 11.1. The average Bonchev–Trinajstić information content (AvgIpc) is 2.87. The maximum atomic E-state index is 12.3. The van der Waals surface area contributed by atoms with Gasteiger partial charge in [-0.1, -0.05) is 34.1 Å². The normalized spacial score (nSPS) is 10.5. The van der Waals surface area contributed by atoms with Gasteiger partial charge in [0.25, 0.3) is 11.8 Å². The van der Waals surface area contributed by atoms with E-state index in [0.717, 1.165) is 4.47 Å². The summed E-state index contributed by atoms with van der Waals surface area (Å²) in [4.78, 5) is 36.6. The molecule has 0 radical (unpaired) electrons. The Hall–Kier alpha value is -4.18. The first-order chi connectivity index (χ1) is 16.9. The molecule has 0 aromatic heterocycles. The first-order valence-electron chi connectivity index (χ1n) is 10.3. The molecule has 0 saturated carbocycles. The van der Waals surface area contributed by atoms with Gasteiger partial charge in [0.15, 0.2) is 11.5 Å². The molecule has 2 amide bonds. The minimum Gasteiger partial charge on any atom is -0.493 e. The number of carbonyl (C=O) groups excluding carboxylic acids is 3. The second-order valence-corrected chi connectivity index (χ2v) is 7.93. The number of rotatable bonds is 9. The second-order valence-electron chi connectivity index (χ2n) is 7.02. The molecule has 0 saturated heterocycles. The van der Waals surface area contributed by atoms with Gasteiger partial charge in [-0.2, -0.15) is 5.10 Å². The minimum absolute atomic E-state index is 0.283. The molecular weight excluding hydrogens is 518 g/mol. The van der Waals surface area contributed by atoms with Crippen LogP contribution in [0.25, 0.3) is 0 Å². The monoisotopic (exact) mass is 539 g/mol. The lowest BCUT2D eigenvalue weighted by atomic mass is 10.2. The van der Waals surface area contributed by atoms with Crippen molar-refractivity contribution in [2.45, 2.75) is 0 Å². The number of halogens is 1. The third kappa shape index (κ3) is 7.41. The molecular formula is C25H22BrN3O6. The van der Waals surface area contributed by atoms with E-state index in [1.165, 1.54) is 26.5 Å². The molecule has 0 bridgehead atoms. The van der Waals surface area contributed by atoms with Crippen LogP contribution in [-0.4, -0.2) is 44.8 Å². The molecule has 180 valence electrons. The first kappa shape index (κ1) is 25.4. The van der Waals surface area contributed by atoms with Gasteiger partial charge in [0.2, 0.25) is 0 Å². The van der Waals surface area contributed by atoms with Crippen molar-refractivity contribution in [1.82, 2.24) is 10.7 Å². The van der Waals surface area contributed by atoms with Crippen LogP contribution in [0.2, 0.25) is 0 Å². The second kappa shape index (κ2) is 12.3. The Balaban J connectivity index is 1.50. The molecule has 0 atom stereocenters. The zero-order chi connectivity index (χ0) is 25.2. The highest BCUT2D eigenvalue weighted by atomic mass is 79.9. The summed E-state index contributed by atoms with van der Waals surface area (Å²) in [6.45, 7) is -0.283. The number of hydrogen-bond donors (Lipinski definition) is 2. The maximum absolute atomic E-state index is 12.3. The van der Waals surface area contributed by atoms with E-state index in [1.54, 1.807) is 54.6 Å². The number of hydrogen-bond acceptors (Lipinski definition) is 7. The number of methoxy groups -OCH3 is 2. The highest BCUT2D eigenvalue weighted by molar-refractivity contribution is 9.10. The highest BCUT2D eigenvalue weighted by Crippen LogP contribution is 2.27. The van der Waals surface area contributed by atoms with Crippen molar-refractivity contribution >= 4 is 39.9 Å². The van der Waals surface area contributed by atoms with Gasteiger partial charge in [-0.05, 0) is 54.1 Å². The van der Waals surface area contributed by atoms with Crippen LogP contribution in [0.5, 0.6) is 17.2 Å². The van der Waals surface area contributed by atoms with E-state index in [2.05, 4.69) is 31.8 Å². The third-order valence-corrected chi connectivity index (χ3v) is 5.08. The zero-order valence-corrected chi connectivity index (χ0v) is 20.5. The van der Waals surface area contributed by atoms with E-state index in [4.69, 9.17) is 14.2 Å². The van der Waals surface area contributed by atoms with Crippen molar-refractivity contribution in [1.29, 1.82) is 0 Å². The number of nitrogens with zero attached hydrogens (tertiary/aromatic N) is 1. The molecule has 3 aromatic carbocycles. The molecule has 0 aliphatic rings. The van der Waals surface area contributed by atoms with Gasteiger partial charge in [0, 0.05) is 10.0 Å². The van der Waals surface area contributed by atoms with Crippen molar-refractivity contribution in [3.8, 4) is 17.2 Å². The molecule has 35 heavy (non-hydrogen) atoms. The number of ether oxygens (including phenoxy) is 3. The number of esters is 1. The summed E-state index contributed by atoms with van der Waals surface area (Å²) in [7, 11) is 2.96. The number of hydrazone groups is 1. The molecule has 0 spiro atoms. The third-order valence-electron chi connectivity index (χ3n) is 4.59. The van der Waals surface area contributed by atoms with E-state index >= 15 is 0 Å². The number of benzene rings is 3. The van der Waals surface area contributed by atoms with Gasteiger partial charge in [-0.15, -0.1) is 0 Å². The topological polar surface area (TPSA) is 115 Å². The fourth-order valence-electron chi connectivity index (χ4n) is 2.90. The van der Waals surface area contributed by atoms with E-state index in [9.17, 15) is 14.4 Å². The SMILES string of the molecule is COc1ccc(C(=O)NCC(=O)NN=Cc2cccc(OC(=O)c3cccc(Br)c3)c2)cc1OC. The lowest BCUT2D eigenvalue weighted by Gasteiger charge is -2.09. The van der Waals surface area contributed by atoms with Gasteiger partial charge in [-0.25, -0.2) is 10.2 Å². The Morgan fingerprint density at radius 2 is 1.69 bits per heavy atom. The zero-order valence-electron chi connectivity index (χ0n) is 18.9. The largest absolute Gasteiger partial charge is 0.493 e. The quantitative estimate of drug-likeness (QED) is 0.186. The molecule has 10 heteroatoms. The predicted octanol–water partition coefficient (Wildman–Crippen LogP) is 3.57.